The number of carbonyl (C=O) groups is 1. The maximum absolute atomic E-state index is 12.0. The Morgan fingerprint density at radius 1 is 1.19 bits per heavy atom. The Hall–Kier alpha value is -2.14. The summed E-state index contributed by atoms with van der Waals surface area (Å²) in [6, 6.07) is 8.36. The van der Waals surface area contributed by atoms with Crippen LogP contribution in [0.2, 0.25) is 0 Å². The van der Waals surface area contributed by atoms with Gasteiger partial charge in [0.1, 0.15) is 0 Å². The van der Waals surface area contributed by atoms with E-state index in [9.17, 15) is 4.79 Å². The minimum Gasteiger partial charge on any atom is -0.439 e. The van der Waals surface area contributed by atoms with Crippen molar-refractivity contribution in [3.8, 4) is 11.3 Å². The first-order valence-corrected chi connectivity index (χ1v) is 10.4. The third kappa shape index (κ3) is 7.49. The zero-order valence-corrected chi connectivity index (χ0v) is 21.1. The topological polar surface area (TPSA) is 86.0 Å². The van der Waals surface area contributed by atoms with Gasteiger partial charge in [-0.15, -0.1) is 24.0 Å². The molecule has 1 aliphatic heterocycles. The van der Waals surface area contributed by atoms with E-state index in [0.29, 0.717) is 19.0 Å². The molecule has 0 aliphatic carbocycles. The van der Waals surface area contributed by atoms with Crippen LogP contribution in [0.1, 0.15) is 25.3 Å². The number of amides is 1. The fourth-order valence-electron chi connectivity index (χ4n) is 3.42. The first-order chi connectivity index (χ1) is 14.4. The van der Waals surface area contributed by atoms with Gasteiger partial charge >= 0.3 is 0 Å². The van der Waals surface area contributed by atoms with Gasteiger partial charge in [-0.1, -0.05) is 29.8 Å². The predicted molar refractivity (Wildman–Crippen MR) is 134 cm³/mol. The highest BCUT2D eigenvalue weighted by atomic mass is 127. The van der Waals surface area contributed by atoms with E-state index in [-0.39, 0.29) is 35.9 Å². The molecule has 1 saturated heterocycles. The van der Waals surface area contributed by atoms with E-state index < -0.39 is 0 Å². The van der Waals surface area contributed by atoms with Gasteiger partial charge in [0, 0.05) is 44.8 Å². The van der Waals surface area contributed by atoms with Gasteiger partial charge in [-0.25, -0.2) is 4.98 Å². The summed E-state index contributed by atoms with van der Waals surface area (Å²) >= 11 is 0. The number of benzene rings is 1. The van der Waals surface area contributed by atoms with E-state index in [4.69, 9.17) is 4.42 Å². The highest BCUT2D eigenvalue weighted by molar-refractivity contribution is 14.0. The van der Waals surface area contributed by atoms with Crippen molar-refractivity contribution >= 4 is 35.8 Å². The van der Waals surface area contributed by atoms with Crippen LogP contribution < -0.4 is 10.6 Å². The fraction of sp³-hybridized carbons (Fsp3) is 0.500. The summed E-state index contributed by atoms with van der Waals surface area (Å²) in [6.45, 7) is 10.2. The van der Waals surface area contributed by atoms with Crippen molar-refractivity contribution in [2.45, 2.75) is 33.4 Å². The van der Waals surface area contributed by atoms with Gasteiger partial charge in [0.2, 0.25) is 11.8 Å². The van der Waals surface area contributed by atoms with Crippen LogP contribution in [0.3, 0.4) is 0 Å². The van der Waals surface area contributed by atoms with Crippen LogP contribution in [0.25, 0.3) is 11.3 Å². The summed E-state index contributed by atoms with van der Waals surface area (Å²) < 4.78 is 5.88. The van der Waals surface area contributed by atoms with Crippen LogP contribution in [0.4, 0.5) is 0 Å². The van der Waals surface area contributed by atoms with Crippen molar-refractivity contribution in [3.63, 3.8) is 0 Å². The number of aromatic nitrogens is 1. The number of rotatable bonds is 6. The quantitative estimate of drug-likeness (QED) is 0.333. The summed E-state index contributed by atoms with van der Waals surface area (Å²) in [6.07, 6.45) is 1.76. The number of oxazole rings is 1. The number of piperazine rings is 1. The minimum absolute atomic E-state index is 0. The van der Waals surface area contributed by atoms with Crippen LogP contribution in [-0.4, -0.2) is 72.5 Å². The Labute approximate surface area is 201 Å². The SMILES string of the molecule is CN=C(NCc1ncc(-c2ccc(C)cc2)o1)N1CCN(CC(=O)NC(C)C)CC1.I. The lowest BCUT2D eigenvalue weighted by molar-refractivity contribution is -0.123. The molecule has 0 bridgehead atoms. The molecule has 2 heterocycles. The Kier molecular flexibility index (Phi) is 9.76. The second-order valence-electron chi connectivity index (χ2n) is 7.87. The average Bonchev–Trinajstić information content (AvgIpc) is 3.18. The molecule has 1 aliphatic rings. The average molecular weight is 540 g/mol. The molecule has 0 unspecified atom stereocenters. The number of halogens is 1. The Morgan fingerprint density at radius 2 is 1.87 bits per heavy atom. The van der Waals surface area contributed by atoms with E-state index >= 15 is 0 Å². The van der Waals surface area contributed by atoms with E-state index in [1.807, 2.05) is 26.0 Å². The molecule has 0 spiro atoms. The highest BCUT2D eigenvalue weighted by Gasteiger charge is 2.21. The first-order valence-electron chi connectivity index (χ1n) is 10.4. The maximum atomic E-state index is 12.0. The largest absolute Gasteiger partial charge is 0.439 e. The molecule has 2 N–H and O–H groups in total. The van der Waals surface area contributed by atoms with E-state index in [1.54, 1.807) is 13.2 Å². The molecule has 2 aromatic rings. The number of guanidine groups is 1. The zero-order valence-electron chi connectivity index (χ0n) is 18.7. The van der Waals surface area contributed by atoms with E-state index in [1.165, 1.54) is 5.56 Å². The summed E-state index contributed by atoms with van der Waals surface area (Å²) in [7, 11) is 1.78. The van der Waals surface area contributed by atoms with Crippen molar-refractivity contribution < 1.29 is 9.21 Å². The van der Waals surface area contributed by atoms with Gasteiger partial charge < -0.3 is 20.0 Å². The number of carbonyl (C=O) groups excluding carboxylic acids is 1. The van der Waals surface area contributed by atoms with Crippen LogP contribution in [0.15, 0.2) is 39.9 Å². The molecular weight excluding hydrogens is 507 g/mol. The molecule has 0 radical (unpaired) electrons. The monoisotopic (exact) mass is 540 g/mol. The number of hydrogen-bond acceptors (Lipinski definition) is 5. The van der Waals surface area contributed by atoms with Crippen molar-refractivity contribution in [2.75, 3.05) is 39.8 Å². The molecule has 1 aromatic heterocycles. The van der Waals surface area contributed by atoms with Gasteiger partial charge in [0.25, 0.3) is 0 Å². The minimum atomic E-state index is 0. The number of nitrogens with one attached hydrogen (secondary N) is 2. The van der Waals surface area contributed by atoms with Gasteiger partial charge in [-0.3, -0.25) is 14.7 Å². The van der Waals surface area contributed by atoms with Crippen molar-refractivity contribution in [1.29, 1.82) is 0 Å². The third-order valence-electron chi connectivity index (χ3n) is 4.99. The first kappa shape index (κ1) is 25.1. The predicted octanol–water partition coefficient (Wildman–Crippen LogP) is 2.49. The number of aryl methyl sites for hydroxylation is 1. The van der Waals surface area contributed by atoms with Crippen LogP contribution in [0.5, 0.6) is 0 Å². The lowest BCUT2D eigenvalue weighted by atomic mass is 10.1. The second kappa shape index (κ2) is 12.0. The summed E-state index contributed by atoms with van der Waals surface area (Å²) in [5.41, 5.74) is 2.23. The molecule has 1 aromatic carbocycles. The van der Waals surface area contributed by atoms with Crippen LogP contribution in [-0.2, 0) is 11.3 Å². The molecule has 9 heteroatoms. The van der Waals surface area contributed by atoms with Crippen LogP contribution in [0, 0.1) is 6.92 Å². The number of nitrogens with zero attached hydrogens (tertiary/aromatic N) is 4. The molecule has 0 atom stereocenters. The Morgan fingerprint density at radius 3 is 2.48 bits per heavy atom. The number of hydrogen-bond donors (Lipinski definition) is 2. The lowest BCUT2D eigenvalue weighted by Crippen LogP contribution is -2.54. The fourth-order valence-corrected chi connectivity index (χ4v) is 3.42. The van der Waals surface area contributed by atoms with E-state index in [2.05, 4.69) is 49.5 Å². The lowest BCUT2D eigenvalue weighted by Gasteiger charge is -2.36. The van der Waals surface area contributed by atoms with Crippen molar-refractivity contribution in [2.24, 2.45) is 4.99 Å². The molecule has 170 valence electrons. The van der Waals surface area contributed by atoms with E-state index in [0.717, 1.165) is 43.5 Å². The summed E-state index contributed by atoms with van der Waals surface area (Å²) in [5.74, 6) is 2.27. The molecule has 0 saturated carbocycles. The van der Waals surface area contributed by atoms with Gasteiger partial charge in [0.05, 0.1) is 19.3 Å². The smallest absolute Gasteiger partial charge is 0.234 e. The maximum Gasteiger partial charge on any atom is 0.234 e. The standard InChI is InChI=1S/C22H32N6O2.HI/c1-16(2)26-20(29)15-27-9-11-28(12-10-27)22(23-4)25-14-21-24-13-19(30-21)18-7-5-17(3)6-8-18;/h5-8,13,16H,9-12,14-15H2,1-4H3,(H,23,25)(H,26,29);1H. The van der Waals surface area contributed by atoms with Crippen molar-refractivity contribution in [1.82, 2.24) is 25.4 Å². The summed E-state index contributed by atoms with van der Waals surface area (Å²) in [4.78, 5) is 25.1. The Balaban J connectivity index is 0.00000341. The molecule has 1 fully saturated rings. The van der Waals surface area contributed by atoms with Crippen LogP contribution >= 0.6 is 24.0 Å². The van der Waals surface area contributed by atoms with Gasteiger partial charge in [0.15, 0.2) is 11.7 Å². The zero-order chi connectivity index (χ0) is 21.5. The van der Waals surface area contributed by atoms with Crippen molar-refractivity contribution in [3.05, 3.63) is 41.9 Å². The third-order valence-corrected chi connectivity index (χ3v) is 4.99. The second-order valence-corrected chi connectivity index (χ2v) is 7.87. The molecule has 3 rings (SSSR count). The Bertz CT molecular complexity index is 857. The molecule has 1 amide bonds. The molecule has 31 heavy (non-hydrogen) atoms. The van der Waals surface area contributed by atoms with Gasteiger partial charge in [-0.05, 0) is 20.8 Å². The molecular formula is C22H33IN6O2. The summed E-state index contributed by atoms with van der Waals surface area (Å²) in [5, 5.41) is 6.28. The normalized spacial score (nSPS) is 15.0. The molecule has 8 nitrogen and oxygen atoms in total. The highest BCUT2D eigenvalue weighted by Crippen LogP contribution is 2.20. The number of aliphatic imine (C=N–C) groups is 1. The van der Waals surface area contributed by atoms with Gasteiger partial charge in [-0.2, -0.15) is 0 Å².